The van der Waals surface area contributed by atoms with Gasteiger partial charge in [-0.2, -0.15) is 4.31 Å². The van der Waals surface area contributed by atoms with Gasteiger partial charge in [0.25, 0.3) is 0 Å². The van der Waals surface area contributed by atoms with E-state index < -0.39 is 22.0 Å². The molecule has 3 aromatic carbocycles. The quantitative estimate of drug-likeness (QED) is 0.468. The van der Waals surface area contributed by atoms with Gasteiger partial charge in [-0.05, 0) is 53.4 Å². The van der Waals surface area contributed by atoms with Crippen molar-refractivity contribution in [2.45, 2.75) is 44.2 Å². The van der Waals surface area contributed by atoms with E-state index in [1.807, 2.05) is 68.4 Å². The molecule has 1 aliphatic rings. The first-order valence-electron chi connectivity index (χ1n) is 12.6. The van der Waals surface area contributed by atoms with E-state index >= 15 is 0 Å². The summed E-state index contributed by atoms with van der Waals surface area (Å²) in [5, 5.41) is 2.85. The third-order valence-corrected chi connectivity index (χ3v) is 8.52. The van der Waals surface area contributed by atoms with Gasteiger partial charge in [0.2, 0.25) is 21.8 Å². The van der Waals surface area contributed by atoms with E-state index in [4.69, 9.17) is 4.74 Å². The molecule has 0 saturated carbocycles. The van der Waals surface area contributed by atoms with E-state index in [0.717, 1.165) is 16.9 Å². The second-order valence-corrected chi connectivity index (χ2v) is 11.5. The van der Waals surface area contributed by atoms with Crippen molar-refractivity contribution in [2.24, 2.45) is 0 Å². The van der Waals surface area contributed by atoms with Crippen LogP contribution in [0.5, 0.6) is 11.5 Å². The highest BCUT2D eigenvalue weighted by Gasteiger charge is 2.40. The number of carbonyl (C=O) groups is 2. The molecular weight excluding hydrogens is 502 g/mol. The van der Waals surface area contributed by atoms with Gasteiger partial charge < -0.3 is 15.0 Å². The van der Waals surface area contributed by atoms with Crippen LogP contribution in [0.4, 0.5) is 0 Å². The van der Waals surface area contributed by atoms with Gasteiger partial charge >= 0.3 is 0 Å². The molecule has 0 bridgehead atoms. The minimum absolute atomic E-state index is 0.00563. The lowest BCUT2D eigenvalue weighted by Crippen LogP contribution is -2.61. The van der Waals surface area contributed by atoms with E-state index in [9.17, 15) is 18.0 Å². The minimum atomic E-state index is -3.95. The van der Waals surface area contributed by atoms with E-state index in [-0.39, 0.29) is 42.9 Å². The monoisotopic (exact) mass is 535 g/mol. The Labute approximate surface area is 224 Å². The number of rotatable bonds is 8. The maximum absolute atomic E-state index is 13.6. The maximum atomic E-state index is 13.6. The Morgan fingerprint density at radius 2 is 1.55 bits per heavy atom. The summed E-state index contributed by atoms with van der Waals surface area (Å²) in [4.78, 5) is 27.0. The number of carbonyl (C=O) groups excluding carboxylic acids is 2. The zero-order chi connectivity index (χ0) is 27.3. The molecule has 200 valence electrons. The summed E-state index contributed by atoms with van der Waals surface area (Å²) >= 11 is 0. The molecule has 3 aromatic rings. The van der Waals surface area contributed by atoms with Crippen LogP contribution in [0.1, 0.15) is 37.8 Å². The highest BCUT2D eigenvalue weighted by atomic mass is 32.2. The number of ether oxygens (including phenoxy) is 1. The highest BCUT2D eigenvalue weighted by Crippen LogP contribution is 2.25. The Balaban J connectivity index is 1.47. The van der Waals surface area contributed by atoms with Crippen molar-refractivity contribution in [3.05, 3.63) is 90.0 Å². The number of benzene rings is 3. The summed E-state index contributed by atoms with van der Waals surface area (Å²) in [5.41, 5.74) is 1.86. The molecule has 0 aliphatic carbocycles. The second kappa shape index (κ2) is 11.8. The fraction of sp³-hybridized carbons (Fsp3) is 0.310. The first kappa shape index (κ1) is 27.3. The zero-order valence-corrected chi connectivity index (χ0v) is 22.6. The third kappa shape index (κ3) is 6.41. The van der Waals surface area contributed by atoms with Crippen LogP contribution in [0.2, 0.25) is 0 Å². The summed E-state index contributed by atoms with van der Waals surface area (Å²) in [7, 11) is -3.95. The first-order valence-corrected chi connectivity index (χ1v) is 14.1. The van der Waals surface area contributed by atoms with Crippen LogP contribution in [-0.4, -0.2) is 55.1 Å². The number of para-hydroxylation sites is 1. The largest absolute Gasteiger partial charge is 0.457 e. The smallest absolute Gasteiger partial charge is 0.243 e. The van der Waals surface area contributed by atoms with Gasteiger partial charge in [0.15, 0.2) is 0 Å². The lowest BCUT2D eigenvalue weighted by molar-refractivity contribution is -0.134. The molecule has 1 saturated heterocycles. The van der Waals surface area contributed by atoms with Crippen LogP contribution in [0, 0.1) is 0 Å². The normalized spacial score (nSPS) is 16.3. The second-order valence-electron chi connectivity index (χ2n) is 9.60. The number of nitrogens with one attached hydrogen (secondary N) is 1. The van der Waals surface area contributed by atoms with Crippen molar-refractivity contribution in [3.63, 3.8) is 0 Å². The van der Waals surface area contributed by atoms with E-state index in [0.29, 0.717) is 5.75 Å². The van der Waals surface area contributed by atoms with Crippen molar-refractivity contribution in [1.82, 2.24) is 14.5 Å². The number of piperazine rings is 1. The summed E-state index contributed by atoms with van der Waals surface area (Å²) in [5.74, 6) is 0.999. The van der Waals surface area contributed by atoms with Crippen LogP contribution >= 0.6 is 0 Å². The Morgan fingerprint density at radius 3 is 2.16 bits per heavy atom. The number of sulfonamides is 1. The van der Waals surface area contributed by atoms with Gasteiger partial charge in [0.1, 0.15) is 17.5 Å². The molecule has 1 atom stereocenters. The lowest BCUT2D eigenvalue weighted by atomic mass is 10.0. The van der Waals surface area contributed by atoms with Crippen molar-refractivity contribution in [1.29, 1.82) is 0 Å². The average molecular weight is 536 g/mol. The predicted molar refractivity (Wildman–Crippen MR) is 145 cm³/mol. The van der Waals surface area contributed by atoms with Gasteiger partial charge in [0.05, 0.1) is 4.90 Å². The van der Waals surface area contributed by atoms with Gasteiger partial charge in [-0.15, -0.1) is 0 Å². The Morgan fingerprint density at radius 1 is 0.921 bits per heavy atom. The molecule has 0 aromatic heterocycles. The highest BCUT2D eigenvalue weighted by molar-refractivity contribution is 7.89. The van der Waals surface area contributed by atoms with Gasteiger partial charge in [-0.1, -0.05) is 56.3 Å². The number of hydrogen-bond acceptors (Lipinski definition) is 5. The van der Waals surface area contributed by atoms with Crippen LogP contribution in [-0.2, 0) is 26.2 Å². The summed E-state index contributed by atoms with van der Waals surface area (Å²) < 4.78 is 34.1. The van der Waals surface area contributed by atoms with Crippen molar-refractivity contribution < 1.29 is 22.7 Å². The number of nitrogens with zero attached hydrogens (tertiary/aromatic N) is 2. The first-order chi connectivity index (χ1) is 18.1. The van der Waals surface area contributed by atoms with Crippen LogP contribution in [0.15, 0.2) is 83.8 Å². The number of hydrogen-bond donors (Lipinski definition) is 1. The molecule has 1 fully saturated rings. The molecule has 8 nitrogen and oxygen atoms in total. The minimum Gasteiger partial charge on any atom is -0.457 e. The zero-order valence-electron chi connectivity index (χ0n) is 21.8. The molecule has 4 rings (SSSR count). The van der Waals surface area contributed by atoms with E-state index in [1.54, 1.807) is 24.3 Å². The molecule has 1 aliphatic heterocycles. The predicted octanol–water partition coefficient (Wildman–Crippen LogP) is 4.14. The summed E-state index contributed by atoms with van der Waals surface area (Å²) in [6, 6.07) is 22.4. The molecule has 9 heteroatoms. The molecule has 0 spiro atoms. The fourth-order valence-corrected chi connectivity index (χ4v) is 5.89. The molecule has 1 N–H and O–H groups in total. The van der Waals surface area contributed by atoms with E-state index in [1.165, 1.54) is 16.1 Å². The SMILES string of the molecule is CC(=O)N1CCN(S(=O)(=O)c2ccc(C(C)C)cc2)C(C(=O)NCc2ccc(Oc3ccccc3)cc2)C1. The Bertz CT molecular complexity index is 1360. The average Bonchev–Trinajstić information content (AvgIpc) is 2.92. The van der Waals surface area contributed by atoms with Crippen LogP contribution in [0.3, 0.4) is 0 Å². The van der Waals surface area contributed by atoms with Gasteiger partial charge in [-0.25, -0.2) is 8.42 Å². The molecule has 1 unspecified atom stereocenters. The van der Waals surface area contributed by atoms with Crippen molar-refractivity contribution in [2.75, 3.05) is 19.6 Å². The van der Waals surface area contributed by atoms with Gasteiger partial charge in [-0.3, -0.25) is 9.59 Å². The molecular formula is C29H33N3O5S. The van der Waals surface area contributed by atoms with Crippen molar-refractivity contribution >= 4 is 21.8 Å². The third-order valence-electron chi connectivity index (χ3n) is 6.60. The summed E-state index contributed by atoms with van der Waals surface area (Å²) in [6.07, 6.45) is 0. The lowest BCUT2D eigenvalue weighted by Gasteiger charge is -2.39. The van der Waals surface area contributed by atoms with Gasteiger partial charge in [0, 0.05) is 33.1 Å². The maximum Gasteiger partial charge on any atom is 0.243 e. The fourth-order valence-electron chi connectivity index (χ4n) is 4.32. The number of amides is 2. The standard InChI is InChI=1S/C29H33N3O5S/c1-21(2)24-11-15-27(16-12-24)38(35,36)32-18-17-31(22(3)33)20-28(32)29(34)30-19-23-9-13-26(14-10-23)37-25-7-5-4-6-8-25/h4-16,21,28H,17-20H2,1-3H3,(H,30,34). The topological polar surface area (TPSA) is 96.0 Å². The van der Waals surface area contributed by atoms with Crippen LogP contribution in [0.25, 0.3) is 0 Å². The van der Waals surface area contributed by atoms with Crippen molar-refractivity contribution in [3.8, 4) is 11.5 Å². The van der Waals surface area contributed by atoms with Crippen LogP contribution < -0.4 is 10.1 Å². The molecule has 0 radical (unpaired) electrons. The molecule has 2 amide bonds. The molecule has 38 heavy (non-hydrogen) atoms. The van der Waals surface area contributed by atoms with E-state index in [2.05, 4.69) is 5.32 Å². The molecule has 1 heterocycles. The Hall–Kier alpha value is -3.69. The summed E-state index contributed by atoms with van der Waals surface area (Å²) in [6.45, 7) is 5.96. The Kier molecular flexibility index (Phi) is 8.48.